The summed E-state index contributed by atoms with van der Waals surface area (Å²) in [5.41, 5.74) is 7.23. The van der Waals surface area contributed by atoms with Gasteiger partial charge in [-0.15, -0.1) is 0 Å². The summed E-state index contributed by atoms with van der Waals surface area (Å²) in [5.74, 6) is 0.0298. The van der Waals surface area contributed by atoms with Crippen molar-refractivity contribution in [3.8, 4) is 0 Å². The molecule has 1 amide bonds. The Balaban J connectivity index is 2.25. The molecule has 2 aromatic rings. The number of anilines is 1. The molecule has 0 aliphatic carbocycles. The summed E-state index contributed by atoms with van der Waals surface area (Å²) < 4.78 is 0. The fraction of sp³-hybridized carbons (Fsp3) is 0.357. The molecule has 1 heterocycles. The van der Waals surface area contributed by atoms with Crippen molar-refractivity contribution >= 4 is 34.4 Å². The van der Waals surface area contributed by atoms with E-state index in [2.05, 4.69) is 15.3 Å². The van der Waals surface area contributed by atoms with Gasteiger partial charge in [0, 0.05) is 0 Å². The Labute approximate surface area is 122 Å². The molecule has 1 aromatic heterocycles. The van der Waals surface area contributed by atoms with E-state index in [1.807, 2.05) is 38.1 Å². The molecular weight excluding hydrogens is 276 g/mol. The van der Waals surface area contributed by atoms with E-state index in [-0.39, 0.29) is 22.8 Å². The lowest BCUT2D eigenvalue weighted by Crippen LogP contribution is -2.40. The van der Waals surface area contributed by atoms with E-state index in [0.717, 1.165) is 6.42 Å². The molecule has 1 aromatic carbocycles. The largest absolute Gasteiger partial charge is 0.320 e. The first kappa shape index (κ1) is 14.7. The summed E-state index contributed by atoms with van der Waals surface area (Å²) in [5, 5.41) is 2.81. The van der Waals surface area contributed by atoms with Crippen LogP contribution in [0.4, 0.5) is 5.82 Å². The lowest BCUT2D eigenvalue weighted by atomic mass is 9.99. The first-order chi connectivity index (χ1) is 9.52. The Morgan fingerprint density at radius 1 is 1.35 bits per heavy atom. The van der Waals surface area contributed by atoms with Crippen LogP contribution in [0.3, 0.4) is 0 Å². The van der Waals surface area contributed by atoms with Crippen LogP contribution < -0.4 is 11.1 Å². The van der Waals surface area contributed by atoms with E-state index in [0.29, 0.717) is 11.0 Å². The second-order valence-electron chi connectivity index (χ2n) is 4.75. The van der Waals surface area contributed by atoms with Crippen molar-refractivity contribution in [1.82, 2.24) is 9.97 Å². The van der Waals surface area contributed by atoms with Crippen molar-refractivity contribution in [1.29, 1.82) is 0 Å². The summed E-state index contributed by atoms with van der Waals surface area (Å²) in [6, 6.07) is 6.73. The van der Waals surface area contributed by atoms with E-state index >= 15 is 0 Å². The second-order valence-corrected chi connectivity index (χ2v) is 5.11. The third kappa shape index (κ3) is 3.05. The molecular formula is C14H17ClN4O. The Morgan fingerprint density at radius 3 is 2.55 bits per heavy atom. The molecule has 0 unspecified atom stereocenters. The molecule has 0 aliphatic rings. The van der Waals surface area contributed by atoms with Crippen LogP contribution in [0, 0.1) is 5.92 Å². The number of rotatable bonds is 4. The smallest absolute Gasteiger partial charge is 0.242 e. The summed E-state index contributed by atoms with van der Waals surface area (Å²) in [6.07, 6.45) is 0.825. The number of nitrogens with zero attached hydrogens (tertiary/aromatic N) is 2. The van der Waals surface area contributed by atoms with Gasteiger partial charge in [0.25, 0.3) is 0 Å². The van der Waals surface area contributed by atoms with Gasteiger partial charge in [0.2, 0.25) is 5.91 Å². The van der Waals surface area contributed by atoms with Crippen LogP contribution in [-0.2, 0) is 4.79 Å². The van der Waals surface area contributed by atoms with Crippen LogP contribution in [0.5, 0.6) is 0 Å². The van der Waals surface area contributed by atoms with E-state index in [1.165, 1.54) is 0 Å². The minimum Gasteiger partial charge on any atom is -0.320 e. The van der Waals surface area contributed by atoms with Crippen molar-refractivity contribution in [2.75, 3.05) is 5.32 Å². The predicted molar refractivity (Wildman–Crippen MR) is 80.6 cm³/mol. The maximum Gasteiger partial charge on any atom is 0.242 e. The summed E-state index contributed by atoms with van der Waals surface area (Å²) in [4.78, 5) is 20.5. The Hall–Kier alpha value is -1.72. The predicted octanol–water partition coefficient (Wildman–Crippen LogP) is 2.60. The van der Waals surface area contributed by atoms with Gasteiger partial charge in [0.05, 0.1) is 17.1 Å². The zero-order valence-electron chi connectivity index (χ0n) is 11.4. The number of fused-ring (bicyclic) bond motifs is 1. The van der Waals surface area contributed by atoms with Gasteiger partial charge < -0.3 is 11.1 Å². The van der Waals surface area contributed by atoms with Crippen molar-refractivity contribution in [2.45, 2.75) is 26.3 Å². The molecule has 0 saturated carbocycles. The number of carbonyl (C=O) groups excluding carboxylic acids is 1. The Kier molecular flexibility index (Phi) is 4.52. The third-order valence-electron chi connectivity index (χ3n) is 3.33. The molecule has 6 heteroatoms. The fourth-order valence-electron chi connectivity index (χ4n) is 1.77. The van der Waals surface area contributed by atoms with Gasteiger partial charge in [-0.3, -0.25) is 4.79 Å². The highest BCUT2D eigenvalue weighted by atomic mass is 35.5. The van der Waals surface area contributed by atoms with Crippen LogP contribution in [0.1, 0.15) is 20.3 Å². The van der Waals surface area contributed by atoms with E-state index in [9.17, 15) is 4.79 Å². The number of hydrogen-bond donors (Lipinski definition) is 2. The number of halogens is 1. The Bertz CT molecular complexity index is 632. The van der Waals surface area contributed by atoms with Crippen LogP contribution in [0.2, 0.25) is 5.15 Å². The molecule has 2 rings (SSSR count). The molecule has 0 spiro atoms. The van der Waals surface area contributed by atoms with Crippen molar-refractivity contribution in [3.63, 3.8) is 0 Å². The third-order valence-corrected chi connectivity index (χ3v) is 3.59. The number of aromatic nitrogens is 2. The zero-order valence-corrected chi connectivity index (χ0v) is 12.2. The number of hydrogen-bond acceptors (Lipinski definition) is 4. The second kappa shape index (κ2) is 6.15. The molecule has 0 aliphatic heterocycles. The van der Waals surface area contributed by atoms with E-state index < -0.39 is 6.04 Å². The zero-order chi connectivity index (χ0) is 14.7. The molecule has 5 nitrogen and oxygen atoms in total. The highest BCUT2D eigenvalue weighted by molar-refractivity contribution is 6.32. The molecule has 0 radical (unpaired) electrons. The first-order valence-corrected chi connectivity index (χ1v) is 6.89. The standard InChI is InChI=1S/C14H17ClN4O/c1-3-8(2)11(16)14(20)19-13-12(15)17-9-6-4-5-7-10(9)18-13/h4-8,11H,3,16H2,1-2H3,(H,18,19,20)/t8-,11-/m0/s1. The lowest BCUT2D eigenvalue weighted by Gasteiger charge is -2.17. The summed E-state index contributed by atoms with van der Waals surface area (Å²) in [6.45, 7) is 3.92. The maximum atomic E-state index is 12.0. The van der Waals surface area contributed by atoms with Gasteiger partial charge in [-0.05, 0) is 18.1 Å². The van der Waals surface area contributed by atoms with Gasteiger partial charge in [0.15, 0.2) is 11.0 Å². The van der Waals surface area contributed by atoms with Crippen molar-refractivity contribution < 1.29 is 4.79 Å². The molecule has 20 heavy (non-hydrogen) atoms. The normalized spacial score (nSPS) is 14.0. The minimum atomic E-state index is -0.593. The fourth-order valence-corrected chi connectivity index (χ4v) is 1.95. The van der Waals surface area contributed by atoms with Crippen molar-refractivity contribution in [2.24, 2.45) is 11.7 Å². The quantitative estimate of drug-likeness (QED) is 0.907. The van der Waals surface area contributed by atoms with E-state index in [1.54, 1.807) is 0 Å². The molecule has 0 bridgehead atoms. The van der Waals surface area contributed by atoms with Crippen LogP contribution >= 0.6 is 11.6 Å². The number of carbonyl (C=O) groups is 1. The van der Waals surface area contributed by atoms with Crippen LogP contribution in [0.15, 0.2) is 24.3 Å². The topological polar surface area (TPSA) is 80.9 Å². The minimum absolute atomic E-state index is 0.0854. The number of nitrogens with one attached hydrogen (secondary N) is 1. The van der Waals surface area contributed by atoms with Crippen LogP contribution in [0.25, 0.3) is 11.0 Å². The molecule has 2 atom stereocenters. The summed E-state index contributed by atoms with van der Waals surface area (Å²) in [7, 11) is 0. The lowest BCUT2D eigenvalue weighted by molar-refractivity contribution is -0.118. The SMILES string of the molecule is CC[C@H](C)[C@H](N)C(=O)Nc1nc2ccccc2nc1Cl. The van der Waals surface area contributed by atoms with Crippen molar-refractivity contribution in [3.05, 3.63) is 29.4 Å². The van der Waals surface area contributed by atoms with Gasteiger partial charge >= 0.3 is 0 Å². The average Bonchev–Trinajstić information content (AvgIpc) is 2.46. The number of nitrogens with two attached hydrogens (primary N) is 1. The number of para-hydroxylation sites is 2. The molecule has 0 fully saturated rings. The Morgan fingerprint density at radius 2 is 1.95 bits per heavy atom. The monoisotopic (exact) mass is 292 g/mol. The first-order valence-electron chi connectivity index (χ1n) is 6.51. The molecule has 3 N–H and O–H groups in total. The molecule has 106 valence electrons. The highest BCUT2D eigenvalue weighted by Gasteiger charge is 2.21. The molecule has 0 saturated heterocycles. The highest BCUT2D eigenvalue weighted by Crippen LogP contribution is 2.21. The van der Waals surface area contributed by atoms with Gasteiger partial charge in [-0.2, -0.15) is 0 Å². The van der Waals surface area contributed by atoms with Gasteiger partial charge in [-0.25, -0.2) is 9.97 Å². The van der Waals surface area contributed by atoms with Gasteiger partial charge in [0.1, 0.15) is 0 Å². The summed E-state index contributed by atoms with van der Waals surface area (Å²) >= 11 is 6.04. The van der Waals surface area contributed by atoms with Crippen LogP contribution in [-0.4, -0.2) is 21.9 Å². The average molecular weight is 293 g/mol. The van der Waals surface area contributed by atoms with E-state index in [4.69, 9.17) is 17.3 Å². The van der Waals surface area contributed by atoms with Gasteiger partial charge in [-0.1, -0.05) is 44.0 Å². The maximum absolute atomic E-state index is 12.0. The number of amides is 1. The number of benzene rings is 1.